The van der Waals surface area contributed by atoms with Crippen molar-refractivity contribution in [1.82, 2.24) is 25.0 Å². The van der Waals surface area contributed by atoms with Gasteiger partial charge in [-0.15, -0.1) is 10.2 Å². The van der Waals surface area contributed by atoms with Crippen molar-refractivity contribution in [3.8, 4) is 17.1 Å². The predicted molar refractivity (Wildman–Crippen MR) is 113 cm³/mol. The molecule has 5 rings (SSSR count). The molecule has 1 amide bonds. The fourth-order valence-electron chi connectivity index (χ4n) is 3.76. The van der Waals surface area contributed by atoms with Gasteiger partial charge in [0.15, 0.2) is 0 Å². The molecule has 0 radical (unpaired) electrons. The van der Waals surface area contributed by atoms with Crippen LogP contribution in [0.15, 0.2) is 42.5 Å². The minimum atomic E-state index is -4.51. The first-order valence-electron chi connectivity index (χ1n) is 10.0. The van der Waals surface area contributed by atoms with Gasteiger partial charge >= 0.3 is 6.18 Å². The molecular weight excluding hydrogens is 437 g/mol. The zero-order valence-corrected chi connectivity index (χ0v) is 17.6. The van der Waals surface area contributed by atoms with Crippen molar-refractivity contribution in [2.75, 3.05) is 18.1 Å². The number of hydrogen-bond acceptors (Lipinski definition) is 6. The molecule has 0 bridgehead atoms. The summed E-state index contributed by atoms with van der Waals surface area (Å²) in [5, 5.41) is 8.19. The first kappa shape index (κ1) is 20.9. The average Bonchev–Trinajstić information content (AvgIpc) is 3.09. The van der Waals surface area contributed by atoms with E-state index < -0.39 is 11.9 Å². The Morgan fingerprint density at radius 3 is 2.52 bits per heavy atom. The maximum Gasteiger partial charge on any atom is 0.433 e. The van der Waals surface area contributed by atoms with Crippen LogP contribution in [0.1, 0.15) is 21.7 Å². The maximum absolute atomic E-state index is 13.0. The Morgan fingerprint density at radius 2 is 1.76 bits per heavy atom. The number of alkyl halides is 3. The molecule has 0 saturated carbocycles. The van der Waals surface area contributed by atoms with Crippen molar-refractivity contribution in [3.05, 3.63) is 59.4 Å². The van der Waals surface area contributed by atoms with Crippen molar-refractivity contribution in [2.24, 2.45) is 7.05 Å². The topological polar surface area (TPSA) is 86.0 Å². The van der Waals surface area contributed by atoms with E-state index in [1.54, 1.807) is 24.1 Å². The van der Waals surface area contributed by atoms with Crippen LogP contribution >= 0.6 is 0 Å². The highest BCUT2D eigenvalue weighted by molar-refractivity contribution is 6.07. The molecule has 168 valence electrons. The normalized spacial score (nSPS) is 14.2. The second kappa shape index (κ2) is 7.54. The molecule has 0 N–H and O–H groups in total. The van der Waals surface area contributed by atoms with Crippen LogP contribution in [0.2, 0.25) is 0 Å². The van der Waals surface area contributed by atoms with Gasteiger partial charge in [-0.1, -0.05) is 6.07 Å². The number of halogens is 3. The molecule has 0 spiro atoms. The van der Waals surface area contributed by atoms with Crippen LogP contribution in [0.25, 0.3) is 22.3 Å². The number of hydrogen-bond donors (Lipinski definition) is 0. The van der Waals surface area contributed by atoms with Crippen LogP contribution in [0.4, 0.5) is 18.9 Å². The number of benzene rings is 1. The summed E-state index contributed by atoms with van der Waals surface area (Å²) in [5.74, 6) is -0.0937. The zero-order valence-electron chi connectivity index (χ0n) is 17.6. The van der Waals surface area contributed by atoms with Crippen LogP contribution in [0.3, 0.4) is 0 Å². The van der Waals surface area contributed by atoms with Crippen LogP contribution in [0, 0.1) is 6.92 Å². The van der Waals surface area contributed by atoms with Crippen molar-refractivity contribution in [2.45, 2.75) is 13.1 Å². The lowest BCUT2D eigenvalue weighted by Crippen LogP contribution is -2.33. The van der Waals surface area contributed by atoms with E-state index in [1.165, 1.54) is 16.9 Å². The highest BCUT2D eigenvalue weighted by atomic mass is 19.4. The molecule has 0 aliphatic carbocycles. The second-order valence-electron chi connectivity index (χ2n) is 7.58. The van der Waals surface area contributed by atoms with E-state index in [2.05, 4.69) is 20.2 Å². The Hall–Kier alpha value is -4.02. The van der Waals surface area contributed by atoms with E-state index in [4.69, 9.17) is 4.74 Å². The molecule has 1 aliphatic heterocycles. The minimum absolute atomic E-state index is 0.153. The number of amides is 1. The van der Waals surface area contributed by atoms with Gasteiger partial charge in [0.05, 0.1) is 23.3 Å². The highest BCUT2D eigenvalue weighted by Gasteiger charge is 2.32. The molecule has 1 aliphatic rings. The lowest BCUT2D eigenvalue weighted by molar-refractivity contribution is -0.140. The Kier molecular flexibility index (Phi) is 4.76. The smallest absolute Gasteiger partial charge is 0.433 e. The quantitative estimate of drug-likeness (QED) is 0.458. The summed E-state index contributed by atoms with van der Waals surface area (Å²) in [5.41, 5.74) is 2.58. The summed E-state index contributed by atoms with van der Waals surface area (Å²) in [6.07, 6.45) is -4.51. The molecule has 8 nitrogen and oxygen atoms in total. The molecule has 4 aromatic rings. The standard InChI is InChI=1S/C22H17F3N6O2/c1-12-11-13(14-4-5-16-15(26-14)6-8-18(27-16)22(23,24)25)3-7-17(12)31-9-10-33-20-19(21(31)32)28-30(2)29-20/h3-8,11H,9-10H2,1-2H3. The van der Waals surface area contributed by atoms with Crippen molar-refractivity contribution < 1.29 is 22.7 Å². The number of carbonyl (C=O) groups is 1. The fourth-order valence-corrected chi connectivity index (χ4v) is 3.76. The van der Waals surface area contributed by atoms with Gasteiger partial charge in [0.2, 0.25) is 5.69 Å². The summed E-state index contributed by atoms with van der Waals surface area (Å²) >= 11 is 0. The number of fused-ring (bicyclic) bond motifs is 2. The Morgan fingerprint density at radius 1 is 1.00 bits per heavy atom. The minimum Gasteiger partial charge on any atom is -0.473 e. The van der Waals surface area contributed by atoms with E-state index in [9.17, 15) is 18.0 Å². The van der Waals surface area contributed by atoms with Gasteiger partial charge < -0.3 is 9.64 Å². The van der Waals surface area contributed by atoms with Crippen LogP contribution in [-0.2, 0) is 13.2 Å². The number of carbonyl (C=O) groups excluding carboxylic acids is 1. The van der Waals surface area contributed by atoms with Gasteiger partial charge in [0.1, 0.15) is 12.3 Å². The molecule has 11 heteroatoms. The lowest BCUT2D eigenvalue weighted by Gasteiger charge is -2.22. The largest absolute Gasteiger partial charge is 0.473 e. The van der Waals surface area contributed by atoms with Crippen molar-refractivity contribution in [3.63, 3.8) is 0 Å². The summed E-state index contributed by atoms with van der Waals surface area (Å²) < 4.78 is 44.3. The molecule has 0 fully saturated rings. The zero-order chi connectivity index (χ0) is 23.3. The third kappa shape index (κ3) is 3.75. The van der Waals surface area contributed by atoms with Gasteiger partial charge in [0.25, 0.3) is 11.8 Å². The molecule has 0 unspecified atom stereocenters. The Labute approximate surface area is 185 Å². The Bertz CT molecular complexity index is 1400. The molecule has 33 heavy (non-hydrogen) atoms. The van der Waals surface area contributed by atoms with Gasteiger partial charge in [-0.05, 0) is 48.9 Å². The fraction of sp³-hybridized carbons (Fsp3) is 0.227. The summed E-state index contributed by atoms with van der Waals surface area (Å²) in [6, 6.07) is 10.9. The van der Waals surface area contributed by atoms with E-state index in [0.29, 0.717) is 23.4 Å². The number of anilines is 1. The summed E-state index contributed by atoms with van der Waals surface area (Å²) in [7, 11) is 1.62. The lowest BCUT2D eigenvalue weighted by atomic mass is 10.0. The van der Waals surface area contributed by atoms with E-state index in [1.807, 2.05) is 19.1 Å². The molecule has 3 aromatic heterocycles. The molecule has 4 heterocycles. The van der Waals surface area contributed by atoms with Crippen LogP contribution in [0.5, 0.6) is 5.88 Å². The van der Waals surface area contributed by atoms with E-state index in [-0.39, 0.29) is 29.6 Å². The third-order valence-electron chi connectivity index (χ3n) is 5.30. The van der Waals surface area contributed by atoms with Gasteiger partial charge in [-0.25, -0.2) is 9.97 Å². The molecular formula is C22H17F3N6O2. The predicted octanol–water partition coefficient (Wildman–Crippen LogP) is 3.79. The summed E-state index contributed by atoms with van der Waals surface area (Å²) in [6.45, 7) is 2.48. The number of aromatic nitrogens is 5. The maximum atomic E-state index is 13.0. The molecule has 1 aromatic carbocycles. The highest BCUT2D eigenvalue weighted by Crippen LogP contribution is 2.31. The van der Waals surface area contributed by atoms with Crippen molar-refractivity contribution >= 4 is 22.6 Å². The first-order valence-corrected chi connectivity index (χ1v) is 10.0. The van der Waals surface area contributed by atoms with E-state index in [0.717, 1.165) is 17.2 Å². The Balaban J connectivity index is 1.47. The van der Waals surface area contributed by atoms with Crippen LogP contribution < -0.4 is 9.64 Å². The van der Waals surface area contributed by atoms with Gasteiger partial charge in [0, 0.05) is 18.3 Å². The molecule has 0 saturated heterocycles. The number of rotatable bonds is 2. The first-order chi connectivity index (χ1) is 15.7. The SMILES string of the molecule is Cc1cc(-c2ccc3nc(C(F)(F)F)ccc3n2)ccc1N1CCOc2nn(C)nc2C1=O. The second-order valence-corrected chi connectivity index (χ2v) is 7.58. The van der Waals surface area contributed by atoms with Crippen LogP contribution in [-0.4, -0.2) is 44.0 Å². The number of nitrogens with zero attached hydrogens (tertiary/aromatic N) is 6. The number of aryl methyl sites for hydroxylation is 2. The third-order valence-corrected chi connectivity index (χ3v) is 5.30. The number of pyridine rings is 2. The van der Waals surface area contributed by atoms with Gasteiger partial charge in [-0.3, -0.25) is 4.79 Å². The summed E-state index contributed by atoms with van der Waals surface area (Å²) in [4.78, 5) is 24.0. The van der Waals surface area contributed by atoms with Gasteiger partial charge in [-0.2, -0.15) is 18.0 Å². The molecule has 0 atom stereocenters. The van der Waals surface area contributed by atoms with E-state index >= 15 is 0 Å². The average molecular weight is 454 g/mol. The van der Waals surface area contributed by atoms with Crippen molar-refractivity contribution in [1.29, 1.82) is 0 Å². The number of ether oxygens (including phenoxy) is 1. The monoisotopic (exact) mass is 454 g/mol.